The summed E-state index contributed by atoms with van der Waals surface area (Å²) in [6, 6.07) is 0. The predicted molar refractivity (Wildman–Crippen MR) is 39.2 cm³/mol. The minimum absolute atomic E-state index is 0.0906. The van der Waals surface area contributed by atoms with E-state index in [2.05, 4.69) is 10.1 Å². The predicted octanol–water partition coefficient (Wildman–Crippen LogP) is -0.464. The molecule has 0 saturated carbocycles. The van der Waals surface area contributed by atoms with Crippen molar-refractivity contribution in [3.63, 3.8) is 0 Å². The van der Waals surface area contributed by atoms with Crippen LogP contribution in [-0.4, -0.2) is 38.4 Å². The number of carbonyl (C=O) groups is 1. The molecule has 1 saturated heterocycles. The third kappa shape index (κ3) is 2.17. The molecule has 4 nitrogen and oxygen atoms in total. The van der Waals surface area contributed by atoms with Gasteiger partial charge in [0, 0.05) is 13.1 Å². The van der Waals surface area contributed by atoms with Gasteiger partial charge in [-0.1, -0.05) is 0 Å². The van der Waals surface area contributed by atoms with Crippen LogP contribution in [0.5, 0.6) is 0 Å². The molecule has 11 heavy (non-hydrogen) atoms. The summed E-state index contributed by atoms with van der Waals surface area (Å²) in [5.41, 5.74) is 0. The second-order valence-corrected chi connectivity index (χ2v) is 2.62. The van der Waals surface area contributed by atoms with Crippen molar-refractivity contribution in [3.05, 3.63) is 0 Å². The Morgan fingerprint density at radius 1 is 1.64 bits per heavy atom. The molecule has 1 N–H and O–H groups in total. The summed E-state index contributed by atoms with van der Waals surface area (Å²) in [5, 5.41) is 3.07. The molecule has 1 heterocycles. The van der Waals surface area contributed by atoms with Crippen LogP contribution in [0.15, 0.2) is 0 Å². The number of hydrogen-bond acceptors (Lipinski definition) is 4. The van der Waals surface area contributed by atoms with Crippen LogP contribution >= 0.6 is 0 Å². The van der Waals surface area contributed by atoms with Crippen LogP contribution in [0, 0.1) is 0 Å². The van der Waals surface area contributed by atoms with Gasteiger partial charge in [0.25, 0.3) is 0 Å². The summed E-state index contributed by atoms with van der Waals surface area (Å²) in [5.74, 6) is -0.302. The fourth-order valence-corrected chi connectivity index (χ4v) is 1.06. The molecule has 0 aromatic heterocycles. The second-order valence-electron chi connectivity index (χ2n) is 2.62. The lowest BCUT2D eigenvalue weighted by molar-refractivity contribution is -0.159. The third-order valence-corrected chi connectivity index (χ3v) is 1.62. The number of esters is 1. The maximum Gasteiger partial charge on any atom is 0.336 e. The highest BCUT2D eigenvalue weighted by Crippen LogP contribution is 2.03. The first-order valence-corrected chi connectivity index (χ1v) is 3.68. The zero-order valence-corrected chi connectivity index (χ0v) is 6.79. The van der Waals surface area contributed by atoms with Crippen LogP contribution in [0.2, 0.25) is 0 Å². The van der Waals surface area contributed by atoms with E-state index in [0.29, 0.717) is 6.54 Å². The molecule has 64 valence electrons. The van der Waals surface area contributed by atoms with E-state index in [1.165, 1.54) is 7.11 Å². The van der Waals surface area contributed by atoms with Crippen molar-refractivity contribution in [2.75, 3.05) is 20.2 Å². The normalized spacial score (nSPS) is 31.5. The third-order valence-electron chi connectivity index (χ3n) is 1.62. The van der Waals surface area contributed by atoms with Crippen LogP contribution in [0.3, 0.4) is 0 Å². The summed E-state index contributed by atoms with van der Waals surface area (Å²) >= 11 is 0. The molecule has 1 unspecified atom stereocenters. The molecule has 4 heteroatoms. The van der Waals surface area contributed by atoms with Crippen molar-refractivity contribution in [1.82, 2.24) is 5.32 Å². The molecular formula is C7H13NO3. The van der Waals surface area contributed by atoms with E-state index >= 15 is 0 Å². The smallest absolute Gasteiger partial charge is 0.336 e. The van der Waals surface area contributed by atoms with Gasteiger partial charge in [0.2, 0.25) is 0 Å². The van der Waals surface area contributed by atoms with Crippen LogP contribution in [0.25, 0.3) is 0 Å². The summed E-state index contributed by atoms with van der Waals surface area (Å²) in [7, 11) is 1.37. The van der Waals surface area contributed by atoms with E-state index in [0.717, 1.165) is 6.54 Å². The molecule has 0 bridgehead atoms. The number of ether oxygens (including phenoxy) is 2. The van der Waals surface area contributed by atoms with E-state index in [1.54, 1.807) is 0 Å². The van der Waals surface area contributed by atoms with Gasteiger partial charge in [0.05, 0.1) is 13.2 Å². The van der Waals surface area contributed by atoms with Crippen LogP contribution in [0.1, 0.15) is 6.92 Å². The maximum absolute atomic E-state index is 10.9. The number of carbonyl (C=O) groups excluding carboxylic acids is 1. The van der Waals surface area contributed by atoms with Crippen molar-refractivity contribution in [2.45, 2.75) is 19.1 Å². The Morgan fingerprint density at radius 3 is 2.91 bits per heavy atom. The largest absolute Gasteiger partial charge is 0.467 e. The van der Waals surface area contributed by atoms with Crippen LogP contribution in [-0.2, 0) is 14.3 Å². The first-order valence-electron chi connectivity index (χ1n) is 3.68. The average Bonchev–Trinajstić information content (AvgIpc) is 2.03. The Morgan fingerprint density at radius 2 is 2.36 bits per heavy atom. The minimum atomic E-state index is -0.427. The fraction of sp³-hybridized carbons (Fsp3) is 0.857. The molecule has 0 amide bonds. The SMILES string of the molecule is COC(=O)[C@H]1CNCC(C)O1. The van der Waals surface area contributed by atoms with Gasteiger partial charge in [0.1, 0.15) is 0 Å². The zero-order chi connectivity index (χ0) is 8.27. The van der Waals surface area contributed by atoms with E-state index in [-0.39, 0.29) is 12.1 Å². The highest BCUT2D eigenvalue weighted by Gasteiger charge is 2.25. The van der Waals surface area contributed by atoms with Crippen molar-refractivity contribution in [2.24, 2.45) is 0 Å². The van der Waals surface area contributed by atoms with Gasteiger partial charge >= 0.3 is 5.97 Å². The number of nitrogens with one attached hydrogen (secondary N) is 1. The fourth-order valence-electron chi connectivity index (χ4n) is 1.06. The van der Waals surface area contributed by atoms with Crippen molar-refractivity contribution in [3.8, 4) is 0 Å². The summed E-state index contributed by atoms with van der Waals surface area (Å²) in [6.07, 6.45) is -0.336. The highest BCUT2D eigenvalue weighted by molar-refractivity contribution is 5.74. The monoisotopic (exact) mass is 159 g/mol. The molecule has 0 radical (unpaired) electrons. The molecule has 1 aliphatic rings. The quantitative estimate of drug-likeness (QED) is 0.526. The first kappa shape index (κ1) is 8.49. The van der Waals surface area contributed by atoms with E-state index in [9.17, 15) is 4.79 Å². The number of methoxy groups -OCH3 is 1. The van der Waals surface area contributed by atoms with E-state index in [4.69, 9.17) is 4.74 Å². The van der Waals surface area contributed by atoms with Gasteiger partial charge in [-0.05, 0) is 6.92 Å². The molecule has 0 aromatic rings. The van der Waals surface area contributed by atoms with E-state index in [1.807, 2.05) is 6.92 Å². The summed E-state index contributed by atoms with van der Waals surface area (Å²) in [4.78, 5) is 10.9. The Kier molecular flexibility index (Phi) is 2.84. The lowest BCUT2D eigenvalue weighted by Gasteiger charge is -2.26. The number of rotatable bonds is 1. The lowest BCUT2D eigenvalue weighted by atomic mass is 10.2. The van der Waals surface area contributed by atoms with Gasteiger partial charge in [-0.3, -0.25) is 0 Å². The molecule has 0 aromatic carbocycles. The summed E-state index contributed by atoms with van der Waals surface area (Å²) < 4.78 is 9.84. The van der Waals surface area contributed by atoms with Crippen molar-refractivity contribution >= 4 is 5.97 Å². The van der Waals surface area contributed by atoms with Crippen LogP contribution in [0.4, 0.5) is 0 Å². The van der Waals surface area contributed by atoms with Crippen molar-refractivity contribution < 1.29 is 14.3 Å². The van der Waals surface area contributed by atoms with Gasteiger partial charge in [-0.15, -0.1) is 0 Å². The summed E-state index contributed by atoms with van der Waals surface area (Å²) in [6.45, 7) is 3.27. The van der Waals surface area contributed by atoms with E-state index < -0.39 is 6.10 Å². The molecule has 2 atom stereocenters. The molecule has 1 aliphatic heterocycles. The maximum atomic E-state index is 10.9. The van der Waals surface area contributed by atoms with Gasteiger partial charge < -0.3 is 14.8 Å². The van der Waals surface area contributed by atoms with Crippen LogP contribution < -0.4 is 5.32 Å². The lowest BCUT2D eigenvalue weighted by Crippen LogP contribution is -2.47. The zero-order valence-electron chi connectivity index (χ0n) is 6.79. The Hall–Kier alpha value is -0.610. The second kappa shape index (κ2) is 3.69. The van der Waals surface area contributed by atoms with Gasteiger partial charge in [0.15, 0.2) is 6.10 Å². The minimum Gasteiger partial charge on any atom is -0.467 e. The Labute approximate surface area is 65.9 Å². The topological polar surface area (TPSA) is 47.6 Å². The highest BCUT2D eigenvalue weighted by atomic mass is 16.6. The van der Waals surface area contributed by atoms with Crippen molar-refractivity contribution in [1.29, 1.82) is 0 Å². The number of hydrogen-bond donors (Lipinski definition) is 1. The molecular weight excluding hydrogens is 146 g/mol. The Balaban J connectivity index is 2.39. The first-order chi connectivity index (χ1) is 5.24. The molecule has 1 rings (SSSR count). The molecule has 0 aliphatic carbocycles. The Bertz CT molecular complexity index is 149. The molecule has 1 fully saturated rings. The average molecular weight is 159 g/mol. The molecule has 0 spiro atoms. The number of morpholine rings is 1. The van der Waals surface area contributed by atoms with Gasteiger partial charge in [-0.2, -0.15) is 0 Å². The van der Waals surface area contributed by atoms with Gasteiger partial charge in [-0.25, -0.2) is 4.79 Å². The standard InChI is InChI=1S/C7H13NO3/c1-5-3-8-4-6(11-5)7(9)10-2/h5-6,8H,3-4H2,1-2H3/t5?,6-/m1/s1.